The fourth-order valence-corrected chi connectivity index (χ4v) is 1.36. The number of hydrogen-bond acceptors (Lipinski definition) is 3. The normalized spacial score (nSPS) is 12.5. The number of nitrogens with one attached hydrogen (secondary N) is 1. The van der Waals surface area contributed by atoms with Crippen LogP contribution >= 0.6 is 0 Å². The summed E-state index contributed by atoms with van der Waals surface area (Å²) in [5, 5.41) is 11.8. The van der Waals surface area contributed by atoms with E-state index in [0.717, 1.165) is 0 Å². The van der Waals surface area contributed by atoms with Crippen LogP contribution in [-0.2, 0) is 7.05 Å². The average molecular weight is 238 g/mol. The van der Waals surface area contributed by atoms with Crippen molar-refractivity contribution in [1.82, 2.24) is 9.88 Å². The molecule has 0 aliphatic rings. The van der Waals surface area contributed by atoms with Gasteiger partial charge < -0.3 is 15.0 Å². The van der Waals surface area contributed by atoms with Crippen LogP contribution in [-0.4, -0.2) is 28.2 Å². The van der Waals surface area contributed by atoms with Gasteiger partial charge in [0, 0.05) is 24.9 Å². The van der Waals surface area contributed by atoms with Gasteiger partial charge in [0.1, 0.15) is 0 Å². The summed E-state index contributed by atoms with van der Waals surface area (Å²) in [4.78, 5) is 23.2. The minimum Gasteiger partial charge on any atom is -0.394 e. The van der Waals surface area contributed by atoms with Gasteiger partial charge in [-0.05, 0) is 12.0 Å². The Labute approximate surface area is 100 Å². The van der Waals surface area contributed by atoms with Crippen molar-refractivity contribution in [1.29, 1.82) is 0 Å². The fourth-order valence-electron chi connectivity index (χ4n) is 1.36. The highest BCUT2D eigenvalue weighted by Crippen LogP contribution is 2.02. The Balaban J connectivity index is 2.83. The first-order valence-electron chi connectivity index (χ1n) is 5.54. The first-order valence-corrected chi connectivity index (χ1v) is 5.54. The summed E-state index contributed by atoms with van der Waals surface area (Å²) in [6.45, 7) is 3.70. The Morgan fingerprint density at radius 1 is 1.53 bits per heavy atom. The van der Waals surface area contributed by atoms with E-state index in [2.05, 4.69) is 5.32 Å². The van der Waals surface area contributed by atoms with E-state index >= 15 is 0 Å². The number of aromatic nitrogens is 1. The third-order valence-electron chi connectivity index (χ3n) is 2.68. The van der Waals surface area contributed by atoms with E-state index in [1.165, 1.54) is 10.6 Å². The van der Waals surface area contributed by atoms with Crippen LogP contribution < -0.4 is 10.9 Å². The standard InChI is InChI=1S/C12H18N2O3/c1-8(2)10(7-15)13-12(17)9-4-5-14(3)11(16)6-9/h4-6,8,10,15H,7H2,1-3H3,(H,13,17). The largest absolute Gasteiger partial charge is 0.394 e. The molecule has 1 aromatic rings. The van der Waals surface area contributed by atoms with E-state index in [9.17, 15) is 9.59 Å². The second-order valence-corrected chi connectivity index (χ2v) is 4.37. The number of aliphatic hydroxyl groups is 1. The number of hydrogen-bond donors (Lipinski definition) is 2. The van der Waals surface area contributed by atoms with Crippen LogP contribution in [0.5, 0.6) is 0 Å². The Morgan fingerprint density at radius 3 is 2.65 bits per heavy atom. The molecule has 94 valence electrons. The summed E-state index contributed by atoms with van der Waals surface area (Å²) >= 11 is 0. The number of aliphatic hydroxyl groups excluding tert-OH is 1. The lowest BCUT2D eigenvalue weighted by Gasteiger charge is -2.19. The van der Waals surface area contributed by atoms with E-state index in [-0.39, 0.29) is 30.0 Å². The van der Waals surface area contributed by atoms with Crippen LogP contribution in [0.1, 0.15) is 24.2 Å². The molecule has 0 aromatic carbocycles. The molecule has 5 nitrogen and oxygen atoms in total. The number of aryl methyl sites for hydroxylation is 1. The van der Waals surface area contributed by atoms with Crippen molar-refractivity contribution in [2.24, 2.45) is 13.0 Å². The van der Waals surface area contributed by atoms with Gasteiger partial charge in [0.2, 0.25) is 0 Å². The SMILES string of the molecule is CC(C)C(CO)NC(=O)c1ccn(C)c(=O)c1. The van der Waals surface area contributed by atoms with Gasteiger partial charge in [-0.2, -0.15) is 0 Å². The highest BCUT2D eigenvalue weighted by Gasteiger charge is 2.16. The van der Waals surface area contributed by atoms with Crippen LogP contribution in [0.2, 0.25) is 0 Å². The summed E-state index contributed by atoms with van der Waals surface area (Å²) in [6.07, 6.45) is 1.54. The van der Waals surface area contributed by atoms with Crippen molar-refractivity contribution in [3.8, 4) is 0 Å². The summed E-state index contributed by atoms with van der Waals surface area (Å²) in [5.41, 5.74) is 0.0787. The summed E-state index contributed by atoms with van der Waals surface area (Å²) in [5.74, 6) is -0.203. The molecule has 0 bridgehead atoms. The van der Waals surface area contributed by atoms with Crippen molar-refractivity contribution in [2.45, 2.75) is 19.9 Å². The maximum atomic E-state index is 11.8. The lowest BCUT2D eigenvalue weighted by molar-refractivity contribution is 0.0896. The van der Waals surface area contributed by atoms with Gasteiger partial charge in [0.25, 0.3) is 11.5 Å². The predicted octanol–water partition coefficient (Wildman–Crippen LogP) is 0.132. The minimum atomic E-state index is -0.338. The van der Waals surface area contributed by atoms with Gasteiger partial charge in [-0.1, -0.05) is 13.8 Å². The van der Waals surface area contributed by atoms with Crippen LogP contribution in [0.25, 0.3) is 0 Å². The molecule has 1 amide bonds. The molecule has 0 aliphatic carbocycles. The molecule has 17 heavy (non-hydrogen) atoms. The molecule has 0 fully saturated rings. The van der Waals surface area contributed by atoms with Gasteiger partial charge in [-0.25, -0.2) is 0 Å². The third kappa shape index (κ3) is 3.42. The van der Waals surface area contributed by atoms with Crippen LogP contribution in [0, 0.1) is 5.92 Å². The van der Waals surface area contributed by atoms with Gasteiger partial charge in [0.05, 0.1) is 12.6 Å². The first kappa shape index (κ1) is 13.4. The van der Waals surface area contributed by atoms with E-state index in [1.807, 2.05) is 13.8 Å². The van der Waals surface area contributed by atoms with E-state index in [4.69, 9.17) is 5.11 Å². The van der Waals surface area contributed by atoms with E-state index in [1.54, 1.807) is 19.3 Å². The molecule has 1 rings (SSSR count). The topological polar surface area (TPSA) is 71.3 Å². The Morgan fingerprint density at radius 2 is 2.18 bits per heavy atom. The zero-order chi connectivity index (χ0) is 13.0. The maximum Gasteiger partial charge on any atom is 0.251 e. The number of rotatable bonds is 4. The second kappa shape index (κ2) is 5.63. The first-order chi connectivity index (χ1) is 7.95. The fraction of sp³-hybridized carbons (Fsp3) is 0.500. The van der Waals surface area contributed by atoms with Gasteiger partial charge in [0.15, 0.2) is 0 Å². The van der Waals surface area contributed by atoms with Gasteiger partial charge in [-0.15, -0.1) is 0 Å². The number of carbonyl (C=O) groups excluding carboxylic acids is 1. The number of pyridine rings is 1. The highest BCUT2D eigenvalue weighted by molar-refractivity contribution is 5.94. The smallest absolute Gasteiger partial charge is 0.251 e. The molecule has 0 spiro atoms. The van der Waals surface area contributed by atoms with Gasteiger partial charge >= 0.3 is 0 Å². The van der Waals surface area contributed by atoms with Crippen molar-refractivity contribution in [3.05, 3.63) is 34.2 Å². The summed E-state index contributed by atoms with van der Waals surface area (Å²) in [6, 6.07) is 2.56. The zero-order valence-electron chi connectivity index (χ0n) is 10.3. The maximum absolute atomic E-state index is 11.8. The zero-order valence-corrected chi connectivity index (χ0v) is 10.3. The van der Waals surface area contributed by atoms with Crippen LogP contribution in [0.4, 0.5) is 0 Å². The highest BCUT2D eigenvalue weighted by atomic mass is 16.3. The lowest BCUT2D eigenvalue weighted by atomic mass is 10.1. The molecule has 2 N–H and O–H groups in total. The number of amides is 1. The van der Waals surface area contributed by atoms with Gasteiger partial charge in [-0.3, -0.25) is 9.59 Å². The Kier molecular flexibility index (Phi) is 4.45. The quantitative estimate of drug-likeness (QED) is 0.783. The summed E-state index contributed by atoms with van der Waals surface area (Å²) < 4.78 is 1.39. The molecule has 1 aromatic heterocycles. The molecule has 5 heteroatoms. The predicted molar refractivity (Wildman–Crippen MR) is 64.9 cm³/mol. The lowest BCUT2D eigenvalue weighted by Crippen LogP contribution is -2.41. The van der Waals surface area contributed by atoms with Crippen LogP contribution in [0.15, 0.2) is 23.1 Å². The molecule has 0 saturated carbocycles. The number of carbonyl (C=O) groups is 1. The van der Waals surface area contributed by atoms with Crippen molar-refractivity contribution in [3.63, 3.8) is 0 Å². The average Bonchev–Trinajstić information content (AvgIpc) is 2.28. The second-order valence-electron chi connectivity index (χ2n) is 4.37. The third-order valence-corrected chi connectivity index (χ3v) is 2.68. The molecule has 0 saturated heterocycles. The molecular weight excluding hydrogens is 220 g/mol. The van der Waals surface area contributed by atoms with Crippen molar-refractivity contribution >= 4 is 5.91 Å². The van der Waals surface area contributed by atoms with E-state index < -0.39 is 0 Å². The molecule has 0 radical (unpaired) electrons. The molecule has 1 heterocycles. The Bertz CT molecular complexity index is 451. The van der Waals surface area contributed by atoms with E-state index in [0.29, 0.717) is 5.56 Å². The Hall–Kier alpha value is -1.62. The van der Waals surface area contributed by atoms with Crippen molar-refractivity contribution < 1.29 is 9.90 Å². The summed E-state index contributed by atoms with van der Waals surface area (Å²) in [7, 11) is 1.62. The van der Waals surface area contributed by atoms with Crippen LogP contribution in [0.3, 0.4) is 0 Å². The monoisotopic (exact) mass is 238 g/mol. The number of nitrogens with zero attached hydrogens (tertiary/aromatic N) is 1. The minimum absolute atomic E-state index is 0.117. The molecule has 0 aliphatic heterocycles. The molecule has 1 unspecified atom stereocenters. The van der Waals surface area contributed by atoms with Crippen molar-refractivity contribution in [2.75, 3.05) is 6.61 Å². The molecule has 1 atom stereocenters. The molecular formula is C12H18N2O3.